The van der Waals surface area contributed by atoms with Crippen molar-refractivity contribution in [2.45, 2.75) is 45.2 Å². The summed E-state index contributed by atoms with van der Waals surface area (Å²) in [7, 11) is 3.31. The number of aliphatic imine (C=N–C) groups is 1. The van der Waals surface area contributed by atoms with Crippen LogP contribution in [0.1, 0.15) is 38.7 Å². The van der Waals surface area contributed by atoms with Crippen molar-refractivity contribution in [3.8, 4) is 0 Å². The lowest BCUT2D eigenvalue weighted by Gasteiger charge is -2.36. The molecule has 0 bridgehead atoms. The number of benzene rings is 1. The van der Waals surface area contributed by atoms with Gasteiger partial charge in [-0.2, -0.15) is 0 Å². The van der Waals surface area contributed by atoms with Crippen LogP contribution in [0.3, 0.4) is 0 Å². The Bertz CT molecular complexity index is 590. The third-order valence-electron chi connectivity index (χ3n) is 4.31. The lowest BCUT2D eigenvalue weighted by Crippen LogP contribution is -2.47. The quantitative estimate of drug-likeness (QED) is 0.794. The van der Waals surface area contributed by atoms with Gasteiger partial charge in [-0.1, -0.05) is 41.9 Å². The summed E-state index contributed by atoms with van der Waals surface area (Å²) >= 11 is 3.47. The number of hydrogen-bond acceptors (Lipinski definition) is 4. The minimum atomic E-state index is -0.303. The summed E-state index contributed by atoms with van der Waals surface area (Å²) in [6.07, 6.45) is 3.59. The van der Waals surface area contributed by atoms with Gasteiger partial charge in [-0.3, -0.25) is 0 Å². The molecule has 1 heterocycles. The summed E-state index contributed by atoms with van der Waals surface area (Å²) in [5, 5.41) is 3.59. The maximum atomic E-state index is 5.55. The summed E-state index contributed by atoms with van der Waals surface area (Å²) in [6.45, 7) is 4.27. The molecule has 1 aromatic carbocycles. The molecule has 0 atom stereocenters. The predicted octanol–water partition coefficient (Wildman–Crippen LogP) is 4.40. The summed E-state index contributed by atoms with van der Waals surface area (Å²) in [6, 6.07) is 8.41. The highest BCUT2D eigenvalue weighted by atomic mass is 79.9. The molecule has 1 aromatic rings. The number of allylic oxidation sites excluding steroid dienone is 1. The number of hydrogen-bond donors (Lipinski definition) is 1. The Kier molecular flexibility index (Phi) is 6.10. The third kappa shape index (κ3) is 4.08. The lowest BCUT2D eigenvalue weighted by atomic mass is 9.99. The Hall–Kier alpha value is -1.49. The number of halogens is 1. The van der Waals surface area contributed by atoms with Gasteiger partial charge in [-0.25, -0.2) is 4.99 Å². The molecule has 126 valence electrons. The van der Waals surface area contributed by atoms with E-state index in [0.29, 0.717) is 11.7 Å². The molecule has 0 radical (unpaired) electrons. The van der Waals surface area contributed by atoms with Gasteiger partial charge in [0.2, 0.25) is 0 Å². The van der Waals surface area contributed by atoms with Crippen LogP contribution in [0.25, 0.3) is 0 Å². The van der Waals surface area contributed by atoms with E-state index in [0.717, 1.165) is 35.9 Å². The first-order chi connectivity index (χ1) is 11.1. The number of rotatable bonds is 6. The van der Waals surface area contributed by atoms with Crippen LogP contribution >= 0.6 is 15.9 Å². The molecule has 0 spiro atoms. The zero-order valence-corrected chi connectivity index (χ0v) is 15.9. The maximum Gasteiger partial charge on any atom is 0.256 e. The van der Waals surface area contributed by atoms with Gasteiger partial charge in [-0.05, 0) is 43.4 Å². The molecular formula is C18H25BrN2O2. The Morgan fingerprint density at radius 2 is 1.70 bits per heavy atom. The Morgan fingerprint density at radius 3 is 2.22 bits per heavy atom. The van der Waals surface area contributed by atoms with Crippen molar-refractivity contribution in [1.29, 1.82) is 0 Å². The van der Waals surface area contributed by atoms with Crippen molar-refractivity contribution < 1.29 is 9.47 Å². The number of aryl methyl sites for hydroxylation is 1. The van der Waals surface area contributed by atoms with Crippen LogP contribution in [0.2, 0.25) is 0 Å². The van der Waals surface area contributed by atoms with Gasteiger partial charge >= 0.3 is 0 Å². The summed E-state index contributed by atoms with van der Waals surface area (Å²) in [5.41, 5.74) is 2.05. The molecule has 0 saturated carbocycles. The smallest absolute Gasteiger partial charge is 0.256 e. The highest BCUT2D eigenvalue weighted by Crippen LogP contribution is 2.28. The van der Waals surface area contributed by atoms with E-state index in [2.05, 4.69) is 59.4 Å². The third-order valence-corrected chi connectivity index (χ3v) is 4.84. The van der Waals surface area contributed by atoms with Crippen molar-refractivity contribution in [1.82, 2.24) is 5.32 Å². The van der Waals surface area contributed by atoms with Crippen molar-refractivity contribution >= 4 is 21.8 Å². The summed E-state index contributed by atoms with van der Waals surface area (Å²) in [5.74, 6) is 1.29. The number of nitrogens with zero attached hydrogens (tertiary/aromatic N) is 1. The van der Waals surface area contributed by atoms with Crippen molar-refractivity contribution in [3.63, 3.8) is 0 Å². The highest BCUT2D eigenvalue weighted by Gasteiger charge is 2.34. The van der Waals surface area contributed by atoms with E-state index in [1.807, 2.05) is 0 Å². The molecule has 5 heteroatoms. The van der Waals surface area contributed by atoms with E-state index in [4.69, 9.17) is 14.5 Å². The minimum absolute atomic E-state index is 0.303. The van der Waals surface area contributed by atoms with Crippen molar-refractivity contribution in [3.05, 3.63) is 45.8 Å². The van der Waals surface area contributed by atoms with Gasteiger partial charge < -0.3 is 14.8 Å². The van der Waals surface area contributed by atoms with Crippen molar-refractivity contribution in [2.75, 3.05) is 14.2 Å². The van der Waals surface area contributed by atoms with Gasteiger partial charge in [0.15, 0.2) is 5.76 Å². The fraction of sp³-hybridized carbons (Fsp3) is 0.500. The Morgan fingerprint density at radius 1 is 1.04 bits per heavy atom. The highest BCUT2D eigenvalue weighted by molar-refractivity contribution is 9.10. The average Bonchev–Trinajstić information content (AvgIpc) is 2.60. The van der Waals surface area contributed by atoms with E-state index in [1.165, 1.54) is 5.56 Å². The second-order valence-corrected chi connectivity index (χ2v) is 6.54. The van der Waals surface area contributed by atoms with E-state index in [1.54, 1.807) is 14.2 Å². The number of methoxy groups -OCH3 is 2. The molecule has 0 aliphatic carbocycles. The van der Waals surface area contributed by atoms with Crippen LogP contribution in [-0.4, -0.2) is 25.8 Å². The number of nitrogens with one attached hydrogen (secondary N) is 1. The van der Waals surface area contributed by atoms with Crippen LogP contribution in [0.15, 0.2) is 45.2 Å². The SMILES string of the molecule is CCC1(CC)N=C(OC)C(OC)=C(CCc2ccc(Br)cc2)N1. The van der Waals surface area contributed by atoms with Gasteiger partial charge in [0, 0.05) is 4.47 Å². The number of ether oxygens (including phenoxy) is 2. The molecule has 0 amide bonds. The Labute approximate surface area is 147 Å². The molecule has 4 nitrogen and oxygen atoms in total. The average molecular weight is 381 g/mol. The van der Waals surface area contributed by atoms with E-state index in [9.17, 15) is 0 Å². The molecule has 0 unspecified atom stereocenters. The predicted molar refractivity (Wildman–Crippen MR) is 97.4 cm³/mol. The summed E-state index contributed by atoms with van der Waals surface area (Å²) in [4.78, 5) is 4.73. The monoisotopic (exact) mass is 380 g/mol. The topological polar surface area (TPSA) is 42.9 Å². The van der Waals surface area contributed by atoms with Gasteiger partial charge in [0.1, 0.15) is 5.66 Å². The minimum Gasteiger partial charge on any atom is -0.490 e. The second kappa shape index (κ2) is 7.86. The van der Waals surface area contributed by atoms with E-state index in [-0.39, 0.29) is 5.66 Å². The van der Waals surface area contributed by atoms with Crippen LogP contribution in [0.5, 0.6) is 0 Å². The van der Waals surface area contributed by atoms with Crippen LogP contribution in [-0.2, 0) is 15.9 Å². The van der Waals surface area contributed by atoms with E-state index >= 15 is 0 Å². The first-order valence-corrected chi connectivity index (χ1v) is 8.80. The molecule has 0 fully saturated rings. The fourth-order valence-electron chi connectivity index (χ4n) is 2.77. The maximum absolute atomic E-state index is 5.55. The standard InChI is InChI=1S/C18H25BrN2O2/c1-5-18(6-2)20-15(16(22-3)17(21-18)23-4)12-9-13-7-10-14(19)11-8-13/h7-8,10-11,20H,5-6,9,12H2,1-4H3. The summed E-state index contributed by atoms with van der Waals surface area (Å²) < 4.78 is 12.1. The zero-order valence-electron chi connectivity index (χ0n) is 14.3. The molecule has 1 aliphatic heterocycles. The van der Waals surface area contributed by atoms with Gasteiger partial charge in [0.05, 0.1) is 19.9 Å². The molecule has 1 aliphatic rings. The zero-order chi connectivity index (χ0) is 16.9. The van der Waals surface area contributed by atoms with Crippen LogP contribution < -0.4 is 5.32 Å². The first-order valence-electron chi connectivity index (χ1n) is 8.01. The first kappa shape index (κ1) is 17.9. The normalized spacial score (nSPS) is 16.7. The van der Waals surface area contributed by atoms with Crippen LogP contribution in [0.4, 0.5) is 0 Å². The fourth-order valence-corrected chi connectivity index (χ4v) is 3.03. The van der Waals surface area contributed by atoms with Crippen LogP contribution in [0, 0.1) is 0 Å². The lowest BCUT2D eigenvalue weighted by molar-refractivity contribution is 0.240. The molecule has 23 heavy (non-hydrogen) atoms. The molecule has 1 N–H and O–H groups in total. The van der Waals surface area contributed by atoms with E-state index < -0.39 is 0 Å². The molecule has 2 rings (SSSR count). The van der Waals surface area contributed by atoms with Crippen molar-refractivity contribution in [2.24, 2.45) is 4.99 Å². The molecule has 0 aromatic heterocycles. The van der Waals surface area contributed by atoms with Gasteiger partial charge in [-0.15, -0.1) is 0 Å². The molecule has 0 saturated heterocycles. The molecular weight excluding hydrogens is 356 g/mol. The van der Waals surface area contributed by atoms with Gasteiger partial charge in [0.25, 0.3) is 5.90 Å². The second-order valence-electron chi connectivity index (χ2n) is 5.62. The largest absolute Gasteiger partial charge is 0.490 e. The Balaban J connectivity index is 2.23.